The van der Waals surface area contributed by atoms with Crippen molar-refractivity contribution in [2.24, 2.45) is 5.41 Å². The molecule has 0 atom stereocenters. The quantitative estimate of drug-likeness (QED) is 0.650. The van der Waals surface area contributed by atoms with E-state index >= 15 is 0 Å². The summed E-state index contributed by atoms with van der Waals surface area (Å²) in [6.45, 7) is 0.814. The zero-order chi connectivity index (χ0) is 17.4. The van der Waals surface area contributed by atoms with Crippen LogP contribution in [0.2, 0.25) is 5.02 Å². The van der Waals surface area contributed by atoms with Gasteiger partial charge in [0.05, 0.1) is 6.61 Å². The third-order valence-corrected chi connectivity index (χ3v) is 4.95. The third-order valence-electron chi connectivity index (χ3n) is 4.72. The molecule has 0 bridgehead atoms. The topological polar surface area (TPSA) is 91.2 Å². The molecule has 0 saturated heterocycles. The number of aliphatic hydroxyl groups is 1. The van der Waals surface area contributed by atoms with Gasteiger partial charge in [0.2, 0.25) is 0 Å². The number of rotatable bonds is 5. The summed E-state index contributed by atoms with van der Waals surface area (Å²) in [5.41, 5.74) is 1.10. The van der Waals surface area contributed by atoms with Gasteiger partial charge in [-0.25, -0.2) is 0 Å². The Morgan fingerprint density at radius 1 is 1.16 bits per heavy atom. The fourth-order valence-electron chi connectivity index (χ4n) is 2.87. The van der Waals surface area contributed by atoms with E-state index in [2.05, 4.69) is 20.5 Å². The Morgan fingerprint density at radius 3 is 2.72 bits per heavy atom. The smallest absolute Gasteiger partial charge is 0.158 e. The number of aliphatic hydroxyl groups excluding tert-OH is 1. The van der Waals surface area contributed by atoms with Gasteiger partial charge in [-0.3, -0.25) is 4.98 Å². The molecule has 4 rings (SSSR count). The van der Waals surface area contributed by atoms with Crippen molar-refractivity contribution in [1.82, 2.24) is 15.2 Å². The first-order chi connectivity index (χ1) is 12.1. The van der Waals surface area contributed by atoms with E-state index in [1.54, 1.807) is 24.5 Å². The molecule has 2 aromatic heterocycles. The van der Waals surface area contributed by atoms with Crippen LogP contribution in [0, 0.1) is 5.41 Å². The van der Waals surface area contributed by atoms with Crippen LogP contribution in [0.1, 0.15) is 12.8 Å². The zero-order valence-electron chi connectivity index (χ0n) is 13.4. The minimum atomic E-state index is -0.0384. The molecular weight excluding hydrogens is 340 g/mol. The Balaban J connectivity index is 1.76. The number of phenolic OH excluding ortho intramolecular Hbond substituents is 1. The summed E-state index contributed by atoms with van der Waals surface area (Å²) >= 11 is 5.91. The summed E-state index contributed by atoms with van der Waals surface area (Å²) in [6.07, 6.45) is 5.43. The number of anilines is 1. The molecule has 0 aliphatic heterocycles. The van der Waals surface area contributed by atoms with Crippen molar-refractivity contribution >= 4 is 28.2 Å². The summed E-state index contributed by atoms with van der Waals surface area (Å²) < 4.78 is 0. The molecule has 1 saturated carbocycles. The predicted molar refractivity (Wildman–Crippen MR) is 96.7 cm³/mol. The largest absolute Gasteiger partial charge is 0.507 e. The number of pyridine rings is 1. The molecule has 1 aliphatic carbocycles. The molecular formula is C18H17ClN4O2. The van der Waals surface area contributed by atoms with Crippen LogP contribution in [0.4, 0.5) is 5.82 Å². The Morgan fingerprint density at radius 2 is 2.00 bits per heavy atom. The average molecular weight is 357 g/mol. The van der Waals surface area contributed by atoms with E-state index in [9.17, 15) is 10.2 Å². The number of nitrogens with zero attached hydrogens (tertiary/aromatic N) is 3. The minimum Gasteiger partial charge on any atom is -0.507 e. The third kappa shape index (κ3) is 2.99. The van der Waals surface area contributed by atoms with E-state index in [4.69, 9.17) is 11.6 Å². The maximum Gasteiger partial charge on any atom is 0.158 e. The van der Waals surface area contributed by atoms with Crippen molar-refractivity contribution < 1.29 is 10.2 Å². The molecule has 3 N–H and O–H groups in total. The van der Waals surface area contributed by atoms with Gasteiger partial charge >= 0.3 is 0 Å². The van der Waals surface area contributed by atoms with Gasteiger partial charge in [-0.15, -0.1) is 10.2 Å². The fourth-order valence-corrected chi connectivity index (χ4v) is 3.04. The Hall–Kier alpha value is -2.44. The first-order valence-electron chi connectivity index (χ1n) is 8.06. The average Bonchev–Trinajstić information content (AvgIpc) is 3.41. The van der Waals surface area contributed by atoms with Crippen LogP contribution in [0.5, 0.6) is 5.75 Å². The molecule has 1 aromatic carbocycles. The maximum absolute atomic E-state index is 10.2. The van der Waals surface area contributed by atoms with Crippen LogP contribution >= 0.6 is 11.6 Å². The number of nitrogens with one attached hydrogen (secondary N) is 1. The highest BCUT2D eigenvalue weighted by atomic mass is 35.5. The lowest BCUT2D eigenvalue weighted by molar-refractivity contribution is 0.219. The van der Waals surface area contributed by atoms with Crippen molar-refractivity contribution in [2.45, 2.75) is 12.8 Å². The Bertz CT molecular complexity index is 944. The SMILES string of the molecule is OCC1(CNc2nnc(-c3ccc(Cl)cc3O)c3ccncc23)CC1. The number of hydrogen-bond donors (Lipinski definition) is 3. The molecule has 3 aromatic rings. The molecule has 0 amide bonds. The van der Waals surface area contributed by atoms with Crippen LogP contribution < -0.4 is 5.32 Å². The van der Waals surface area contributed by atoms with Crippen molar-refractivity contribution in [3.63, 3.8) is 0 Å². The normalized spacial score (nSPS) is 15.3. The number of fused-ring (bicyclic) bond motifs is 1. The molecule has 0 spiro atoms. The minimum absolute atomic E-state index is 0.0384. The number of aromatic nitrogens is 3. The number of aromatic hydroxyl groups is 1. The predicted octanol–water partition coefficient (Wildman–Crippen LogP) is 3.24. The molecule has 128 valence electrons. The molecule has 0 radical (unpaired) electrons. The van der Waals surface area contributed by atoms with Gasteiger partial charge in [0.1, 0.15) is 11.4 Å². The first-order valence-corrected chi connectivity index (χ1v) is 8.44. The van der Waals surface area contributed by atoms with Gasteiger partial charge in [-0.2, -0.15) is 0 Å². The monoisotopic (exact) mass is 356 g/mol. The second-order valence-electron chi connectivity index (χ2n) is 6.49. The van der Waals surface area contributed by atoms with E-state index < -0.39 is 0 Å². The first kappa shape index (κ1) is 16.1. The van der Waals surface area contributed by atoms with Gasteiger partial charge in [-0.05, 0) is 37.1 Å². The van der Waals surface area contributed by atoms with Crippen molar-refractivity contribution in [1.29, 1.82) is 0 Å². The molecule has 6 nitrogen and oxygen atoms in total. The maximum atomic E-state index is 10.2. The van der Waals surface area contributed by atoms with Crippen LogP contribution in [0.25, 0.3) is 22.0 Å². The summed E-state index contributed by atoms with van der Waals surface area (Å²) in [4.78, 5) is 4.18. The van der Waals surface area contributed by atoms with Crippen molar-refractivity contribution in [3.8, 4) is 17.0 Å². The lowest BCUT2D eigenvalue weighted by Crippen LogP contribution is -2.20. The van der Waals surface area contributed by atoms with Crippen LogP contribution in [-0.4, -0.2) is 38.5 Å². The van der Waals surface area contributed by atoms with Crippen molar-refractivity contribution in [3.05, 3.63) is 41.7 Å². The summed E-state index contributed by atoms with van der Waals surface area (Å²) in [5.74, 6) is 0.679. The summed E-state index contributed by atoms with van der Waals surface area (Å²) in [5, 5.41) is 33.7. The Labute approximate surface area is 149 Å². The number of phenols is 1. The van der Waals surface area contributed by atoms with Gasteiger partial charge in [0.15, 0.2) is 5.82 Å². The fraction of sp³-hybridized carbons (Fsp3) is 0.278. The van der Waals surface area contributed by atoms with Gasteiger partial charge in [0, 0.05) is 45.7 Å². The van der Waals surface area contributed by atoms with Crippen LogP contribution in [0.15, 0.2) is 36.7 Å². The second kappa shape index (κ2) is 6.13. The van der Waals surface area contributed by atoms with Crippen LogP contribution in [0.3, 0.4) is 0 Å². The standard InChI is InChI=1S/C18H17ClN4O2/c19-11-1-2-13(15(25)7-11)16-12-3-6-20-8-14(12)17(23-22-16)21-9-18(10-24)4-5-18/h1-3,6-8,24-25H,4-5,9-10H2,(H,21,23). The van der Waals surface area contributed by atoms with E-state index in [-0.39, 0.29) is 17.8 Å². The molecule has 1 aliphatic rings. The Kier molecular flexibility index (Phi) is 3.94. The van der Waals surface area contributed by atoms with Gasteiger partial charge in [-0.1, -0.05) is 11.6 Å². The van der Waals surface area contributed by atoms with E-state index in [1.165, 1.54) is 6.07 Å². The highest BCUT2D eigenvalue weighted by Crippen LogP contribution is 2.45. The van der Waals surface area contributed by atoms with Gasteiger partial charge < -0.3 is 15.5 Å². The van der Waals surface area contributed by atoms with E-state index in [1.807, 2.05) is 6.07 Å². The second-order valence-corrected chi connectivity index (χ2v) is 6.93. The summed E-state index contributed by atoms with van der Waals surface area (Å²) in [7, 11) is 0. The highest BCUT2D eigenvalue weighted by Gasteiger charge is 2.41. The number of benzene rings is 1. The lowest BCUT2D eigenvalue weighted by atomic mass is 10.0. The van der Waals surface area contributed by atoms with Crippen molar-refractivity contribution in [2.75, 3.05) is 18.5 Å². The zero-order valence-corrected chi connectivity index (χ0v) is 14.2. The van der Waals surface area contributed by atoms with Crippen LogP contribution in [-0.2, 0) is 0 Å². The number of halogens is 1. The molecule has 1 fully saturated rings. The molecule has 0 unspecified atom stereocenters. The highest BCUT2D eigenvalue weighted by molar-refractivity contribution is 6.30. The lowest BCUT2D eigenvalue weighted by Gasteiger charge is -2.15. The summed E-state index contributed by atoms with van der Waals surface area (Å²) in [6, 6.07) is 6.75. The molecule has 7 heteroatoms. The molecule has 2 heterocycles. The molecule has 25 heavy (non-hydrogen) atoms. The van der Waals surface area contributed by atoms with Gasteiger partial charge in [0.25, 0.3) is 0 Å². The van der Waals surface area contributed by atoms with E-state index in [0.717, 1.165) is 23.6 Å². The van der Waals surface area contributed by atoms with E-state index in [0.29, 0.717) is 28.6 Å². The number of hydrogen-bond acceptors (Lipinski definition) is 6.